The van der Waals surface area contributed by atoms with Crippen LogP contribution in [-0.2, 0) is 21.0 Å². The largest absolute Gasteiger partial charge is 0.444 e. The Morgan fingerprint density at radius 2 is 1.87 bits per heavy atom. The van der Waals surface area contributed by atoms with Crippen molar-refractivity contribution in [2.24, 2.45) is 5.73 Å². The van der Waals surface area contributed by atoms with Crippen molar-refractivity contribution in [2.75, 3.05) is 19.6 Å². The van der Waals surface area contributed by atoms with Crippen LogP contribution in [-0.4, -0.2) is 65.2 Å². The van der Waals surface area contributed by atoms with Crippen molar-refractivity contribution in [1.82, 2.24) is 15.3 Å². The molecule has 172 valence electrons. The van der Waals surface area contributed by atoms with E-state index in [9.17, 15) is 9.59 Å². The number of hydroxylamine groups is 1. The molecule has 31 heavy (non-hydrogen) atoms. The summed E-state index contributed by atoms with van der Waals surface area (Å²) in [5, 5.41) is 0. The van der Waals surface area contributed by atoms with Gasteiger partial charge in [-0.1, -0.05) is 36.8 Å². The molecule has 1 aromatic rings. The molecule has 3 atom stereocenters. The van der Waals surface area contributed by atoms with Gasteiger partial charge in [-0.3, -0.25) is 14.5 Å². The topological polar surface area (TPSA) is 97.1 Å². The molecule has 0 spiro atoms. The normalized spacial score (nSPS) is 25.3. The van der Waals surface area contributed by atoms with Crippen molar-refractivity contribution < 1.29 is 19.2 Å². The van der Waals surface area contributed by atoms with Crippen LogP contribution in [0.3, 0.4) is 0 Å². The van der Waals surface area contributed by atoms with E-state index in [-0.39, 0.29) is 30.1 Å². The first kappa shape index (κ1) is 23.5. The average Bonchev–Trinajstić information content (AvgIpc) is 2.73. The molecule has 2 saturated heterocycles. The molecule has 8 heteroatoms. The van der Waals surface area contributed by atoms with E-state index < -0.39 is 5.60 Å². The number of amides is 2. The van der Waals surface area contributed by atoms with Gasteiger partial charge in [0.25, 0.3) is 0 Å². The van der Waals surface area contributed by atoms with Gasteiger partial charge in [-0.25, -0.2) is 4.79 Å². The summed E-state index contributed by atoms with van der Waals surface area (Å²) < 4.78 is 5.57. The molecule has 2 amide bonds. The zero-order chi connectivity index (χ0) is 22.4. The minimum absolute atomic E-state index is 0.0484. The number of primary amides is 1. The van der Waals surface area contributed by atoms with Crippen LogP contribution in [0, 0.1) is 0 Å². The van der Waals surface area contributed by atoms with E-state index in [0.717, 1.165) is 37.8 Å². The summed E-state index contributed by atoms with van der Waals surface area (Å²) in [7, 11) is 0. The number of piperidine rings is 2. The zero-order valence-corrected chi connectivity index (χ0v) is 18.9. The minimum Gasteiger partial charge on any atom is -0.444 e. The summed E-state index contributed by atoms with van der Waals surface area (Å²) in [5.74, 6) is -0.279. The molecule has 0 aromatic heterocycles. The lowest BCUT2D eigenvalue weighted by molar-refractivity contribution is -0.128. The fraction of sp³-hybridized carbons (Fsp3) is 0.652. The SMILES string of the molecule is CC(C)(C)OC(=O)N1CCC(N2CCCCC2C(N)=O)C(NOCc2ccccc2)C1. The Kier molecular flexibility index (Phi) is 7.91. The Labute approximate surface area is 185 Å². The van der Waals surface area contributed by atoms with E-state index in [1.807, 2.05) is 51.1 Å². The molecule has 2 fully saturated rings. The van der Waals surface area contributed by atoms with E-state index in [0.29, 0.717) is 19.7 Å². The average molecular weight is 433 g/mol. The van der Waals surface area contributed by atoms with Gasteiger partial charge in [-0.15, -0.1) is 0 Å². The van der Waals surface area contributed by atoms with Crippen LogP contribution in [0.25, 0.3) is 0 Å². The molecule has 2 aliphatic heterocycles. The number of likely N-dealkylation sites (tertiary alicyclic amines) is 2. The van der Waals surface area contributed by atoms with Crippen LogP contribution in [0.2, 0.25) is 0 Å². The molecule has 3 rings (SSSR count). The predicted octanol–water partition coefficient (Wildman–Crippen LogP) is 2.43. The molecule has 8 nitrogen and oxygen atoms in total. The van der Waals surface area contributed by atoms with Gasteiger partial charge in [0.05, 0.1) is 18.7 Å². The number of hydrogen-bond donors (Lipinski definition) is 2. The van der Waals surface area contributed by atoms with Gasteiger partial charge in [0.1, 0.15) is 5.60 Å². The summed E-state index contributed by atoms with van der Waals surface area (Å²) in [6.07, 6.45) is 3.21. The fourth-order valence-electron chi connectivity index (χ4n) is 4.41. The monoisotopic (exact) mass is 432 g/mol. The molecule has 3 unspecified atom stereocenters. The number of rotatable bonds is 6. The highest BCUT2D eigenvalue weighted by atomic mass is 16.6. The van der Waals surface area contributed by atoms with E-state index in [1.165, 1.54) is 0 Å². The summed E-state index contributed by atoms with van der Waals surface area (Å²) in [4.78, 5) is 34.5. The van der Waals surface area contributed by atoms with Gasteiger partial charge in [-0.05, 0) is 52.1 Å². The van der Waals surface area contributed by atoms with Crippen molar-refractivity contribution in [2.45, 2.75) is 76.8 Å². The van der Waals surface area contributed by atoms with Crippen molar-refractivity contribution in [3.63, 3.8) is 0 Å². The van der Waals surface area contributed by atoms with Crippen LogP contribution >= 0.6 is 0 Å². The highest BCUT2D eigenvalue weighted by molar-refractivity contribution is 5.80. The quantitative estimate of drug-likeness (QED) is 0.670. The Balaban J connectivity index is 1.70. The second-order valence-corrected chi connectivity index (χ2v) is 9.43. The van der Waals surface area contributed by atoms with Crippen molar-refractivity contribution >= 4 is 12.0 Å². The number of carbonyl (C=O) groups excluding carboxylic acids is 2. The second kappa shape index (κ2) is 10.4. The molecular weight excluding hydrogens is 396 g/mol. The Bertz CT molecular complexity index is 737. The maximum absolute atomic E-state index is 12.7. The van der Waals surface area contributed by atoms with E-state index >= 15 is 0 Å². The van der Waals surface area contributed by atoms with Gasteiger partial charge < -0.3 is 15.4 Å². The third-order valence-electron chi connectivity index (χ3n) is 5.84. The number of nitrogens with one attached hydrogen (secondary N) is 1. The van der Waals surface area contributed by atoms with Crippen LogP contribution in [0.15, 0.2) is 30.3 Å². The van der Waals surface area contributed by atoms with Gasteiger partial charge in [0.15, 0.2) is 0 Å². The lowest BCUT2D eigenvalue weighted by Crippen LogP contribution is -2.64. The third kappa shape index (κ3) is 6.66. The Morgan fingerprint density at radius 3 is 2.55 bits per heavy atom. The maximum Gasteiger partial charge on any atom is 0.410 e. The van der Waals surface area contributed by atoms with Gasteiger partial charge in [0, 0.05) is 19.1 Å². The second-order valence-electron chi connectivity index (χ2n) is 9.43. The highest BCUT2D eigenvalue weighted by Crippen LogP contribution is 2.26. The molecule has 1 aromatic carbocycles. The molecule has 0 aliphatic carbocycles. The molecule has 3 N–H and O–H groups in total. The molecule has 2 aliphatic rings. The number of carbonyl (C=O) groups is 2. The summed E-state index contributed by atoms with van der Waals surface area (Å²) >= 11 is 0. The lowest BCUT2D eigenvalue weighted by Gasteiger charge is -2.47. The summed E-state index contributed by atoms with van der Waals surface area (Å²) in [6, 6.07) is 9.52. The van der Waals surface area contributed by atoms with E-state index in [2.05, 4.69) is 10.4 Å². The number of hydrogen-bond acceptors (Lipinski definition) is 6. The molecule has 0 radical (unpaired) electrons. The van der Waals surface area contributed by atoms with Gasteiger partial charge in [-0.2, -0.15) is 5.48 Å². The Hall–Kier alpha value is -2.16. The lowest BCUT2D eigenvalue weighted by atomic mass is 9.92. The van der Waals surface area contributed by atoms with Crippen molar-refractivity contribution in [1.29, 1.82) is 0 Å². The standard InChI is InChI=1S/C23H36N4O4/c1-23(2,3)31-22(29)26-14-12-19(27-13-8-7-11-20(27)21(24)28)18(15-26)25-30-16-17-9-5-4-6-10-17/h4-6,9-10,18-20,25H,7-8,11-16H2,1-3H3,(H2,24,28). The number of nitrogens with zero attached hydrogens (tertiary/aromatic N) is 2. The van der Waals surface area contributed by atoms with Crippen LogP contribution in [0.5, 0.6) is 0 Å². The minimum atomic E-state index is -0.551. The molecule has 0 bridgehead atoms. The first-order chi connectivity index (χ1) is 14.7. The van der Waals surface area contributed by atoms with Crippen LogP contribution < -0.4 is 11.2 Å². The number of nitrogens with two attached hydrogens (primary N) is 1. The highest BCUT2D eigenvalue weighted by Gasteiger charge is 2.41. The van der Waals surface area contributed by atoms with E-state index in [1.54, 1.807) is 4.90 Å². The summed E-state index contributed by atoms with van der Waals surface area (Å²) in [6.45, 7) is 7.83. The predicted molar refractivity (Wildman–Crippen MR) is 118 cm³/mol. The number of ether oxygens (including phenoxy) is 1. The fourth-order valence-corrected chi connectivity index (χ4v) is 4.41. The third-order valence-corrected chi connectivity index (χ3v) is 5.84. The zero-order valence-electron chi connectivity index (χ0n) is 18.9. The van der Waals surface area contributed by atoms with Gasteiger partial charge >= 0.3 is 6.09 Å². The van der Waals surface area contributed by atoms with E-state index in [4.69, 9.17) is 15.3 Å². The van der Waals surface area contributed by atoms with Crippen LogP contribution in [0.4, 0.5) is 4.79 Å². The van der Waals surface area contributed by atoms with Crippen molar-refractivity contribution in [3.05, 3.63) is 35.9 Å². The molecule has 0 saturated carbocycles. The first-order valence-electron chi connectivity index (χ1n) is 11.2. The smallest absolute Gasteiger partial charge is 0.410 e. The van der Waals surface area contributed by atoms with Crippen LogP contribution in [0.1, 0.15) is 52.0 Å². The first-order valence-corrected chi connectivity index (χ1v) is 11.2. The van der Waals surface area contributed by atoms with Gasteiger partial charge in [0.2, 0.25) is 5.91 Å². The summed E-state index contributed by atoms with van der Waals surface area (Å²) in [5.41, 5.74) is 9.40. The van der Waals surface area contributed by atoms with Crippen molar-refractivity contribution in [3.8, 4) is 0 Å². The maximum atomic E-state index is 12.7. The molecule has 2 heterocycles. The number of benzene rings is 1. The Morgan fingerprint density at radius 1 is 1.13 bits per heavy atom. The molecular formula is C23H36N4O4.